The van der Waals surface area contributed by atoms with Gasteiger partial charge in [-0.15, -0.1) is 10.2 Å². The summed E-state index contributed by atoms with van der Waals surface area (Å²) in [5.41, 5.74) is 0. The molecule has 0 amide bonds. The fraction of sp³-hybridized carbons (Fsp3) is 0.550. The van der Waals surface area contributed by atoms with Crippen LogP contribution in [0.4, 0.5) is 4.39 Å². The van der Waals surface area contributed by atoms with Crippen molar-refractivity contribution in [2.75, 3.05) is 25.1 Å². The van der Waals surface area contributed by atoms with Crippen LogP contribution in [-0.4, -0.2) is 51.9 Å². The number of halogens is 1. The highest BCUT2D eigenvalue weighted by molar-refractivity contribution is 7.98. The molecule has 0 bridgehead atoms. The van der Waals surface area contributed by atoms with E-state index in [0.29, 0.717) is 24.8 Å². The minimum atomic E-state index is -0.304. The highest BCUT2D eigenvalue weighted by Crippen LogP contribution is 2.14. The Morgan fingerprint density at radius 2 is 2.17 bits per heavy atom. The molecule has 0 saturated carbocycles. The normalized spacial score (nSPS) is 12.7. The zero-order valence-corrected chi connectivity index (χ0v) is 18.4. The third-order valence-electron chi connectivity index (χ3n) is 4.43. The average Bonchev–Trinajstić information content (AvgIpc) is 3.03. The predicted octanol–water partition coefficient (Wildman–Crippen LogP) is 2.91. The molecule has 9 heteroatoms. The second-order valence-electron chi connectivity index (χ2n) is 6.65. The molecule has 0 aliphatic carbocycles. The summed E-state index contributed by atoms with van der Waals surface area (Å²) >= 11 is 1.82. The Kier molecular flexibility index (Phi) is 9.76. The summed E-state index contributed by atoms with van der Waals surface area (Å²) in [6.07, 6.45) is 3.82. The van der Waals surface area contributed by atoms with Gasteiger partial charge in [-0.2, -0.15) is 11.8 Å². The molecular formula is C20H31FN6OS. The summed E-state index contributed by atoms with van der Waals surface area (Å²) in [5.74, 6) is 3.67. The topological polar surface area (TPSA) is 76.4 Å². The predicted molar refractivity (Wildman–Crippen MR) is 117 cm³/mol. The third-order valence-corrected chi connectivity index (χ3v) is 5.13. The monoisotopic (exact) mass is 422 g/mol. The lowest BCUT2D eigenvalue weighted by Gasteiger charge is -2.20. The van der Waals surface area contributed by atoms with Gasteiger partial charge in [0.15, 0.2) is 11.8 Å². The standard InChI is InChI=1S/C20H31FN6OS/c1-5-17(28-18-9-6-8-16(21)12-18)13-23-20(22-10-7-11-29-4)24-14-19-26-25-15(2)27(19)3/h6,8-9,12,17H,5,7,10-11,13-14H2,1-4H3,(H2,22,23,24). The van der Waals surface area contributed by atoms with Crippen molar-refractivity contribution in [3.63, 3.8) is 0 Å². The molecule has 0 fully saturated rings. The van der Waals surface area contributed by atoms with E-state index < -0.39 is 0 Å². The largest absolute Gasteiger partial charge is 0.489 e. The van der Waals surface area contributed by atoms with Crippen LogP contribution in [0.25, 0.3) is 0 Å². The Hall–Kier alpha value is -2.29. The quantitative estimate of drug-likeness (QED) is 0.329. The van der Waals surface area contributed by atoms with Crippen LogP contribution >= 0.6 is 11.8 Å². The van der Waals surface area contributed by atoms with Gasteiger partial charge in [-0.3, -0.25) is 0 Å². The maximum absolute atomic E-state index is 13.4. The van der Waals surface area contributed by atoms with Crippen molar-refractivity contribution >= 4 is 17.7 Å². The molecule has 0 radical (unpaired) electrons. The lowest BCUT2D eigenvalue weighted by molar-refractivity contribution is 0.198. The van der Waals surface area contributed by atoms with Gasteiger partial charge in [-0.25, -0.2) is 9.38 Å². The van der Waals surface area contributed by atoms with Gasteiger partial charge in [-0.1, -0.05) is 13.0 Å². The van der Waals surface area contributed by atoms with Crippen LogP contribution in [0.1, 0.15) is 31.4 Å². The summed E-state index contributed by atoms with van der Waals surface area (Å²) < 4.78 is 21.2. The van der Waals surface area contributed by atoms with E-state index in [-0.39, 0.29) is 11.9 Å². The van der Waals surface area contributed by atoms with Crippen LogP contribution < -0.4 is 15.4 Å². The van der Waals surface area contributed by atoms with Gasteiger partial charge in [0.2, 0.25) is 0 Å². The van der Waals surface area contributed by atoms with Gasteiger partial charge in [0, 0.05) is 19.7 Å². The van der Waals surface area contributed by atoms with E-state index in [4.69, 9.17) is 4.74 Å². The number of benzene rings is 1. The molecule has 29 heavy (non-hydrogen) atoms. The highest BCUT2D eigenvalue weighted by atomic mass is 32.2. The van der Waals surface area contributed by atoms with E-state index in [2.05, 4.69) is 32.1 Å². The zero-order valence-electron chi connectivity index (χ0n) is 17.6. The Bertz CT molecular complexity index is 782. The van der Waals surface area contributed by atoms with Crippen LogP contribution in [0.3, 0.4) is 0 Å². The number of ether oxygens (including phenoxy) is 1. The Labute approximate surface area is 176 Å². The minimum Gasteiger partial charge on any atom is -0.489 e. The third kappa shape index (κ3) is 7.92. The number of guanidine groups is 1. The maximum atomic E-state index is 13.4. The van der Waals surface area contributed by atoms with Crippen LogP contribution in [0.5, 0.6) is 5.75 Å². The first-order valence-electron chi connectivity index (χ1n) is 9.81. The smallest absolute Gasteiger partial charge is 0.191 e. The van der Waals surface area contributed by atoms with Crippen molar-refractivity contribution in [1.29, 1.82) is 0 Å². The van der Waals surface area contributed by atoms with E-state index in [9.17, 15) is 4.39 Å². The van der Waals surface area contributed by atoms with Gasteiger partial charge >= 0.3 is 0 Å². The number of thioether (sulfide) groups is 1. The second kappa shape index (κ2) is 12.3. The van der Waals surface area contributed by atoms with Crippen LogP contribution in [0, 0.1) is 12.7 Å². The van der Waals surface area contributed by atoms with Crippen LogP contribution in [0.2, 0.25) is 0 Å². The molecule has 0 spiro atoms. The number of aryl methyl sites for hydroxylation is 1. The maximum Gasteiger partial charge on any atom is 0.191 e. The fourth-order valence-corrected chi connectivity index (χ4v) is 2.98. The molecule has 0 aliphatic rings. The minimum absolute atomic E-state index is 0.105. The van der Waals surface area contributed by atoms with Gasteiger partial charge in [0.1, 0.15) is 30.0 Å². The molecule has 7 nitrogen and oxygen atoms in total. The molecular weight excluding hydrogens is 391 g/mol. The number of hydrogen-bond acceptors (Lipinski definition) is 5. The number of nitrogens with one attached hydrogen (secondary N) is 2. The molecule has 2 rings (SSSR count). The van der Waals surface area contributed by atoms with Crippen molar-refractivity contribution in [1.82, 2.24) is 25.4 Å². The lowest BCUT2D eigenvalue weighted by Crippen LogP contribution is -2.43. The van der Waals surface area contributed by atoms with Gasteiger partial charge in [0.25, 0.3) is 0 Å². The summed E-state index contributed by atoms with van der Waals surface area (Å²) in [5, 5.41) is 14.9. The first-order chi connectivity index (χ1) is 14.0. The second-order valence-corrected chi connectivity index (χ2v) is 7.63. The van der Waals surface area contributed by atoms with Crippen molar-refractivity contribution in [3.8, 4) is 5.75 Å². The molecule has 0 saturated heterocycles. The summed E-state index contributed by atoms with van der Waals surface area (Å²) in [6, 6.07) is 6.21. The first kappa shape index (κ1) is 23.0. The summed E-state index contributed by atoms with van der Waals surface area (Å²) in [4.78, 5) is 4.64. The molecule has 2 aromatic rings. The van der Waals surface area contributed by atoms with E-state index in [0.717, 1.165) is 36.8 Å². The van der Waals surface area contributed by atoms with Gasteiger partial charge < -0.3 is 19.9 Å². The fourth-order valence-electron chi connectivity index (χ4n) is 2.55. The summed E-state index contributed by atoms with van der Waals surface area (Å²) in [6.45, 7) is 5.76. The number of rotatable bonds is 11. The van der Waals surface area contributed by atoms with Gasteiger partial charge in [-0.05, 0) is 43.9 Å². The van der Waals surface area contributed by atoms with Crippen molar-refractivity contribution in [2.45, 2.75) is 39.3 Å². The molecule has 1 aromatic carbocycles. The Morgan fingerprint density at radius 3 is 2.83 bits per heavy atom. The van der Waals surface area contributed by atoms with E-state index in [1.165, 1.54) is 12.1 Å². The molecule has 2 N–H and O–H groups in total. The molecule has 0 aliphatic heterocycles. The van der Waals surface area contributed by atoms with Crippen molar-refractivity contribution < 1.29 is 9.13 Å². The number of nitrogens with zero attached hydrogens (tertiary/aromatic N) is 4. The number of aliphatic imine (C=N–C) groups is 1. The molecule has 1 atom stereocenters. The van der Waals surface area contributed by atoms with Crippen molar-refractivity contribution in [2.24, 2.45) is 12.0 Å². The van der Waals surface area contributed by atoms with Crippen LogP contribution in [0.15, 0.2) is 29.3 Å². The van der Waals surface area contributed by atoms with Crippen LogP contribution in [-0.2, 0) is 13.6 Å². The zero-order chi connectivity index (χ0) is 21.1. The van der Waals surface area contributed by atoms with E-state index in [1.807, 2.05) is 37.2 Å². The van der Waals surface area contributed by atoms with Gasteiger partial charge in [0.05, 0.1) is 6.54 Å². The Balaban J connectivity index is 1.97. The number of hydrogen-bond donors (Lipinski definition) is 2. The molecule has 160 valence electrons. The summed E-state index contributed by atoms with van der Waals surface area (Å²) in [7, 11) is 1.93. The first-order valence-corrected chi connectivity index (χ1v) is 11.2. The SMILES string of the molecule is CCC(CNC(=NCc1nnc(C)n1C)NCCCSC)Oc1cccc(F)c1. The van der Waals surface area contributed by atoms with Crippen molar-refractivity contribution in [3.05, 3.63) is 41.7 Å². The lowest BCUT2D eigenvalue weighted by atomic mass is 10.2. The van der Waals surface area contributed by atoms with E-state index >= 15 is 0 Å². The Morgan fingerprint density at radius 1 is 1.34 bits per heavy atom. The highest BCUT2D eigenvalue weighted by Gasteiger charge is 2.11. The average molecular weight is 423 g/mol. The van der Waals surface area contributed by atoms with E-state index in [1.54, 1.807) is 12.1 Å². The molecule has 1 heterocycles. The molecule has 1 unspecified atom stereocenters. The molecule has 1 aromatic heterocycles. The number of aromatic nitrogens is 3.